The molecule has 2 atom stereocenters. The average molecular weight is 331 g/mol. The minimum Gasteiger partial charge on any atom is -0.480 e. The van der Waals surface area contributed by atoms with E-state index in [0.29, 0.717) is 23.3 Å². The van der Waals surface area contributed by atoms with Gasteiger partial charge in [0.15, 0.2) is 6.10 Å². The van der Waals surface area contributed by atoms with Crippen molar-refractivity contribution in [2.45, 2.75) is 25.5 Å². The molecule has 0 unspecified atom stereocenters. The molecule has 0 aliphatic carbocycles. The van der Waals surface area contributed by atoms with E-state index in [2.05, 4.69) is 15.9 Å². The van der Waals surface area contributed by atoms with Gasteiger partial charge in [-0.2, -0.15) is 0 Å². The average Bonchev–Trinajstić information content (AvgIpc) is 2.78. The first-order valence-corrected chi connectivity index (χ1v) is 6.92. The predicted molar refractivity (Wildman–Crippen MR) is 73.4 cm³/mol. The summed E-state index contributed by atoms with van der Waals surface area (Å²) in [7, 11) is 0. The van der Waals surface area contributed by atoms with Gasteiger partial charge in [-0.05, 0) is 47.5 Å². The number of amides is 1. The molecule has 1 heterocycles. The van der Waals surface area contributed by atoms with Crippen molar-refractivity contribution in [2.24, 2.45) is 5.73 Å². The molecule has 1 aliphatic rings. The SMILES string of the molecule is C[C@@H](Oc1ccc(F)cc1Br)C(=O)N1CC[C@H](N)C1. The maximum absolute atomic E-state index is 13.0. The quantitative estimate of drug-likeness (QED) is 0.921. The van der Waals surface area contributed by atoms with Gasteiger partial charge in [0.25, 0.3) is 5.91 Å². The zero-order chi connectivity index (χ0) is 14.0. The number of nitrogens with zero attached hydrogens (tertiary/aromatic N) is 1. The standard InChI is InChI=1S/C13H16BrFN2O2/c1-8(13(18)17-5-4-10(16)7-17)19-12-3-2-9(15)6-11(12)14/h2-3,6,8,10H,4-5,7,16H2,1H3/t8-,10+/m1/s1. The van der Waals surface area contributed by atoms with Crippen molar-refractivity contribution < 1.29 is 13.9 Å². The van der Waals surface area contributed by atoms with Crippen molar-refractivity contribution in [3.05, 3.63) is 28.5 Å². The number of ether oxygens (including phenoxy) is 1. The highest BCUT2D eigenvalue weighted by Crippen LogP contribution is 2.26. The number of rotatable bonds is 3. The van der Waals surface area contributed by atoms with Gasteiger partial charge < -0.3 is 15.4 Å². The van der Waals surface area contributed by atoms with E-state index in [9.17, 15) is 9.18 Å². The van der Waals surface area contributed by atoms with Crippen molar-refractivity contribution in [3.63, 3.8) is 0 Å². The van der Waals surface area contributed by atoms with Crippen LogP contribution >= 0.6 is 15.9 Å². The van der Waals surface area contributed by atoms with Crippen LogP contribution in [0.2, 0.25) is 0 Å². The van der Waals surface area contributed by atoms with Crippen LogP contribution in [0, 0.1) is 5.82 Å². The summed E-state index contributed by atoms with van der Waals surface area (Å²) in [4.78, 5) is 13.8. The monoisotopic (exact) mass is 330 g/mol. The third-order valence-corrected chi connectivity index (χ3v) is 3.70. The summed E-state index contributed by atoms with van der Waals surface area (Å²) in [6, 6.07) is 4.15. The fourth-order valence-corrected chi connectivity index (χ4v) is 2.50. The highest BCUT2D eigenvalue weighted by atomic mass is 79.9. The van der Waals surface area contributed by atoms with Crippen molar-refractivity contribution >= 4 is 21.8 Å². The summed E-state index contributed by atoms with van der Waals surface area (Å²) in [5.41, 5.74) is 5.77. The van der Waals surface area contributed by atoms with E-state index in [4.69, 9.17) is 10.5 Å². The molecule has 1 amide bonds. The molecular formula is C13H16BrFN2O2. The van der Waals surface area contributed by atoms with Crippen LogP contribution in [0.5, 0.6) is 5.75 Å². The molecule has 104 valence electrons. The molecule has 2 N–H and O–H groups in total. The van der Waals surface area contributed by atoms with E-state index < -0.39 is 6.10 Å². The molecule has 0 bridgehead atoms. The molecular weight excluding hydrogens is 315 g/mol. The third-order valence-electron chi connectivity index (χ3n) is 3.08. The molecule has 2 rings (SSSR count). The molecule has 19 heavy (non-hydrogen) atoms. The van der Waals surface area contributed by atoms with Crippen LogP contribution in [0.1, 0.15) is 13.3 Å². The summed E-state index contributed by atoms with van der Waals surface area (Å²) in [6.07, 6.45) is 0.200. The number of hydrogen-bond donors (Lipinski definition) is 1. The zero-order valence-corrected chi connectivity index (χ0v) is 12.2. The number of nitrogens with two attached hydrogens (primary N) is 1. The number of halogens is 2. The van der Waals surface area contributed by atoms with Crippen molar-refractivity contribution in [3.8, 4) is 5.75 Å². The maximum atomic E-state index is 13.0. The number of benzene rings is 1. The van der Waals surface area contributed by atoms with Crippen molar-refractivity contribution in [1.82, 2.24) is 4.90 Å². The van der Waals surface area contributed by atoms with Crippen LogP contribution in [0.25, 0.3) is 0 Å². The van der Waals surface area contributed by atoms with Crippen molar-refractivity contribution in [1.29, 1.82) is 0 Å². The lowest BCUT2D eigenvalue weighted by atomic mass is 10.3. The zero-order valence-electron chi connectivity index (χ0n) is 10.6. The smallest absolute Gasteiger partial charge is 0.263 e. The van der Waals surface area contributed by atoms with Crippen LogP contribution < -0.4 is 10.5 Å². The number of carbonyl (C=O) groups is 1. The van der Waals surface area contributed by atoms with E-state index in [-0.39, 0.29) is 17.8 Å². The van der Waals surface area contributed by atoms with Gasteiger partial charge in [-0.1, -0.05) is 0 Å². The Morgan fingerprint density at radius 1 is 1.63 bits per heavy atom. The van der Waals surface area contributed by atoms with Gasteiger partial charge in [0, 0.05) is 19.1 Å². The summed E-state index contributed by atoms with van der Waals surface area (Å²) < 4.78 is 19.0. The first-order chi connectivity index (χ1) is 8.97. The first kappa shape index (κ1) is 14.3. The van der Waals surface area contributed by atoms with Gasteiger partial charge in [0.2, 0.25) is 0 Å². The largest absolute Gasteiger partial charge is 0.480 e. The minimum atomic E-state index is -0.618. The fraction of sp³-hybridized carbons (Fsp3) is 0.462. The summed E-state index contributed by atoms with van der Waals surface area (Å²) in [5.74, 6) is -0.00126. The molecule has 0 spiro atoms. The molecule has 0 radical (unpaired) electrons. The van der Waals surface area contributed by atoms with E-state index in [1.54, 1.807) is 11.8 Å². The van der Waals surface area contributed by atoms with Gasteiger partial charge in [-0.15, -0.1) is 0 Å². The first-order valence-electron chi connectivity index (χ1n) is 6.13. The van der Waals surface area contributed by atoms with E-state index in [1.165, 1.54) is 18.2 Å². The lowest BCUT2D eigenvalue weighted by molar-refractivity contribution is -0.136. The van der Waals surface area contributed by atoms with Gasteiger partial charge in [0.05, 0.1) is 4.47 Å². The normalized spacial score (nSPS) is 20.4. The molecule has 0 aromatic heterocycles. The Bertz CT molecular complexity index is 484. The van der Waals surface area contributed by atoms with Gasteiger partial charge in [0.1, 0.15) is 11.6 Å². The Kier molecular flexibility index (Phi) is 4.42. The lowest BCUT2D eigenvalue weighted by Gasteiger charge is -2.22. The molecule has 1 fully saturated rings. The molecule has 1 saturated heterocycles. The van der Waals surface area contributed by atoms with Gasteiger partial charge >= 0.3 is 0 Å². The van der Waals surface area contributed by atoms with Crippen molar-refractivity contribution in [2.75, 3.05) is 13.1 Å². The van der Waals surface area contributed by atoms with Crippen LogP contribution in [-0.2, 0) is 4.79 Å². The Balaban J connectivity index is 2.00. The summed E-state index contributed by atoms with van der Waals surface area (Å²) >= 11 is 3.21. The highest BCUT2D eigenvalue weighted by Gasteiger charge is 2.28. The lowest BCUT2D eigenvalue weighted by Crippen LogP contribution is -2.40. The molecule has 4 nitrogen and oxygen atoms in total. The molecule has 0 saturated carbocycles. The second kappa shape index (κ2) is 5.88. The maximum Gasteiger partial charge on any atom is 0.263 e. The molecule has 1 aromatic rings. The van der Waals surface area contributed by atoms with E-state index in [1.807, 2.05) is 0 Å². The van der Waals surface area contributed by atoms with Gasteiger partial charge in [-0.3, -0.25) is 4.79 Å². The van der Waals surface area contributed by atoms with Gasteiger partial charge in [-0.25, -0.2) is 4.39 Å². The van der Waals surface area contributed by atoms with Crippen LogP contribution in [0.15, 0.2) is 22.7 Å². The third kappa shape index (κ3) is 3.45. The van der Waals surface area contributed by atoms with E-state index in [0.717, 1.165) is 6.42 Å². The topological polar surface area (TPSA) is 55.6 Å². The number of carbonyl (C=O) groups excluding carboxylic acids is 1. The second-order valence-electron chi connectivity index (χ2n) is 4.67. The van der Waals surface area contributed by atoms with Crippen LogP contribution in [0.3, 0.4) is 0 Å². The van der Waals surface area contributed by atoms with E-state index >= 15 is 0 Å². The Morgan fingerprint density at radius 2 is 2.37 bits per heavy atom. The fourth-order valence-electron chi connectivity index (χ4n) is 2.06. The number of likely N-dealkylation sites (tertiary alicyclic amines) is 1. The predicted octanol–water partition coefficient (Wildman–Crippen LogP) is 1.92. The van der Waals surface area contributed by atoms with Crippen LogP contribution in [-0.4, -0.2) is 36.0 Å². The summed E-state index contributed by atoms with van der Waals surface area (Å²) in [5, 5.41) is 0. The molecule has 6 heteroatoms. The van der Waals surface area contributed by atoms with Crippen LogP contribution in [0.4, 0.5) is 4.39 Å². The summed E-state index contributed by atoms with van der Waals surface area (Å²) in [6.45, 7) is 2.91. The Hall–Kier alpha value is -1.14. The molecule has 1 aliphatic heterocycles. The second-order valence-corrected chi connectivity index (χ2v) is 5.52. The minimum absolute atomic E-state index is 0.0497. The Morgan fingerprint density at radius 3 is 2.95 bits per heavy atom. The molecule has 1 aromatic carbocycles. The Labute approximate surface area is 119 Å². The number of hydrogen-bond acceptors (Lipinski definition) is 3. The highest BCUT2D eigenvalue weighted by molar-refractivity contribution is 9.10.